The van der Waals surface area contributed by atoms with Gasteiger partial charge in [-0.15, -0.1) is 0 Å². The summed E-state index contributed by atoms with van der Waals surface area (Å²) in [5.41, 5.74) is 5.16. The monoisotopic (exact) mass is 254 g/mol. The topological polar surface area (TPSA) is 15.3 Å². The molecule has 2 rings (SSSR count). The van der Waals surface area contributed by atoms with Crippen molar-refractivity contribution in [3.8, 4) is 0 Å². The zero-order valence-electron chi connectivity index (χ0n) is 12.1. The van der Waals surface area contributed by atoms with Gasteiger partial charge < -0.3 is 5.32 Å². The van der Waals surface area contributed by atoms with Gasteiger partial charge in [0.05, 0.1) is 6.04 Å². The van der Waals surface area contributed by atoms with Crippen LogP contribution in [-0.2, 0) is 0 Å². The predicted octanol–water partition coefficient (Wildman–Crippen LogP) is 3.69. The van der Waals surface area contributed by atoms with Gasteiger partial charge in [0.25, 0.3) is 0 Å². The molecular weight excluding hydrogens is 232 g/mol. The Balaban J connectivity index is 2.43. The Kier molecular flexibility index (Phi) is 4.23. The lowest BCUT2D eigenvalue weighted by molar-refractivity contribution is 0.341. The molecule has 2 aromatic carbocycles. The first-order valence-corrected chi connectivity index (χ1v) is 6.63. The molecule has 0 bridgehead atoms. The summed E-state index contributed by atoms with van der Waals surface area (Å²) in [4.78, 5) is 2.26. The van der Waals surface area contributed by atoms with E-state index in [1.165, 1.54) is 16.7 Å². The molecule has 0 aliphatic carbocycles. The standard InChI is InChI=1S/C17H22N2/c1-13-7-5-6-8-16(13)17(19(3)4)14-9-11-15(18-2)12-10-14/h5-12,17-18H,1-4H3. The molecule has 0 heterocycles. The van der Waals surface area contributed by atoms with Crippen LogP contribution < -0.4 is 5.32 Å². The van der Waals surface area contributed by atoms with Crippen LogP contribution in [0.2, 0.25) is 0 Å². The van der Waals surface area contributed by atoms with Crippen LogP contribution in [0.4, 0.5) is 5.69 Å². The van der Waals surface area contributed by atoms with E-state index >= 15 is 0 Å². The minimum absolute atomic E-state index is 0.298. The quantitative estimate of drug-likeness (QED) is 0.895. The van der Waals surface area contributed by atoms with E-state index in [1.807, 2.05) is 7.05 Å². The van der Waals surface area contributed by atoms with Crippen LogP contribution in [-0.4, -0.2) is 26.0 Å². The molecule has 0 aromatic heterocycles. The second kappa shape index (κ2) is 5.89. The van der Waals surface area contributed by atoms with Gasteiger partial charge in [-0.25, -0.2) is 0 Å². The molecule has 0 aliphatic heterocycles. The lowest BCUT2D eigenvalue weighted by Crippen LogP contribution is -2.21. The Hall–Kier alpha value is -1.80. The second-order valence-electron chi connectivity index (χ2n) is 5.09. The third-order valence-electron chi connectivity index (χ3n) is 3.51. The highest BCUT2D eigenvalue weighted by molar-refractivity contribution is 5.46. The van der Waals surface area contributed by atoms with Gasteiger partial charge >= 0.3 is 0 Å². The molecule has 0 spiro atoms. The summed E-state index contributed by atoms with van der Waals surface area (Å²) in [6, 6.07) is 17.5. The maximum Gasteiger partial charge on any atom is 0.0599 e. The van der Waals surface area contributed by atoms with Crippen molar-refractivity contribution in [3.63, 3.8) is 0 Å². The van der Waals surface area contributed by atoms with Gasteiger partial charge in [-0.1, -0.05) is 36.4 Å². The summed E-state index contributed by atoms with van der Waals surface area (Å²) < 4.78 is 0. The first-order chi connectivity index (χ1) is 9.13. The van der Waals surface area contributed by atoms with E-state index in [2.05, 4.69) is 79.8 Å². The molecule has 2 aromatic rings. The van der Waals surface area contributed by atoms with Gasteiger partial charge in [0, 0.05) is 12.7 Å². The van der Waals surface area contributed by atoms with Crippen LogP contribution in [0, 0.1) is 6.92 Å². The lowest BCUT2D eigenvalue weighted by Gasteiger charge is -2.27. The predicted molar refractivity (Wildman–Crippen MR) is 82.7 cm³/mol. The Labute approximate surface area is 116 Å². The molecule has 2 nitrogen and oxygen atoms in total. The number of aryl methyl sites for hydroxylation is 1. The SMILES string of the molecule is CNc1ccc(C(c2ccccc2C)N(C)C)cc1. The highest BCUT2D eigenvalue weighted by Crippen LogP contribution is 2.29. The molecule has 0 saturated heterocycles. The van der Waals surface area contributed by atoms with Crippen LogP contribution in [0.3, 0.4) is 0 Å². The van der Waals surface area contributed by atoms with E-state index in [4.69, 9.17) is 0 Å². The number of nitrogens with zero attached hydrogens (tertiary/aromatic N) is 1. The fourth-order valence-corrected chi connectivity index (χ4v) is 2.48. The molecule has 1 atom stereocenters. The van der Waals surface area contributed by atoms with E-state index in [-0.39, 0.29) is 0 Å². The third-order valence-corrected chi connectivity index (χ3v) is 3.51. The number of benzene rings is 2. The molecule has 2 heteroatoms. The number of hydrogen-bond acceptors (Lipinski definition) is 2. The van der Waals surface area contributed by atoms with Crippen LogP contribution in [0.1, 0.15) is 22.7 Å². The minimum atomic E-state index is 0.298. The number of anilines is 1. The molecule has 1 unspecified atom stereocenters. The van der Waals surface area contributed by atoms with E-state index in [1.54, 1.807) is 0 Å². The van der Waals surface area contributed by atoms with Gasteiger partial charge in [-0.3, -0.25) is 4.90 Å². The van der Waals surface area contributed by atoms with E-state index in [0.717, 1.165) is 5.69 Å². The summed E-state index contributed by atoms with van der Waals surface area (Å²) in [6.45, 7) is 2.17. The summed E-state index contributed by atoms with van der Waals surface area (Å²) >= 11 is 0. The average Bonchev–Trinajstić information content (AvgIpc) is 2.42. The van der Waals surface area contributed by atoms with Crippen LogP contribution >= 0.6 is 0 Å². The lowest BCUT2D eigenvalue weighted by atomic mass is 9.94. The highest BCUT2D eigenvalue weighted by atomic mass is 15.1. The van der Waals surface area contributed by atoms with Crippen molar-refractivity contribution in [3.05, 3.63) is 65.2 Å². The van der Waals surface area contributed by atoms with Crippen LogP contribution in [0.5, 0.6) is 0 Å². The third kappa shape index (κ3) is 2.96. The second-order valence-corrected chi connectivity index (χ2v) is 5.09. The Morgan fingerprint density at radius 1 is 0.947 bits per heavy atom. The number of nitrogens with one attached hydrogen (secondary N) is 1. The molecule has 0 saturated carbocycles. The summed E-state index contributed by atoms with van der Waals surface area (Å²) in [5, 5.41) is 3.16. The molecule has 19 heavy (non-hydrogen) atoms. The molecule has 0 radical (unpaired) electrons. The first kappa shape index (κ1) is 13.6. The normalized spacial score (nSPS) is 12.5. The van der Waals surface area contributed by atoms with Gasteiger partial charge in [-0.2, -0.15) is 0 Å². The van der Waals surface area contributed by atoms with E-state index in [9.17, 15) is 0 Å². The number of hydrogen-bond donors (Lipinski definition) is 1. The summed E-state index contributed by atoms with van der Waals surface area (Å²) in [5.74, 6) is 0. The fraction of sp³-hybridized carbons (Fsp3) is 0.294. The molecule has 0 fully saturated rings. The van der Waals surface area contributed by atoms with Crippen LogP contribution in [0.15, 0.2) is 48.5 Å². The Morgan fingerprint density at radius 3 is 2.11 bits per heavy atom. The van der Waals surface area contributed by atoms with Crippen molar-refractivity contribution < 1.29 is 0 Å². The maximum atomic E-state index is 3.16. The Bertz CT molecular complexity index is 529. The fourth-order valence-electron chi connectivity index (χ4n) is 2.48. The Morgan fingerprint density at radius 2 is 1.58 bits per heavy atom. The van der Waals surface area contributed by atoms with E-state index < -0.39 is 0 Å². The zero-order chi connectivity index (χ0) is 13.8. The summed E-state index contributed by atoms with van der Waals surface area (Å²) in [7, 11) is 6.20. The van der Waals surface area contributed by atoms with Crippen molar-refractivity contribution in [2.24, 2.45) is 0 Å². The summed E-state index contributed by atoms with van der Waals surface area (Å²) in [6.07, 6.45) is 0. The van der Waals surface area contributed by atoms with Crippen LogP contribution in [0.25, 0.3) is 0 Å². The van der Waals surface area contributed by atoms with E-state index in [0.29, 0.717) is 6.04 Å². The molecular formula is C17H22N2. The van der Waals surface area contributed by atoms with Gasteiger partial charge in [0.1, 0.15) is 0 Å². The van der Waals surface area contributed by atoms with Crippen molar-refractivity contribution in [2.75, 3.05) is 26.5 Å². The molecule has 0 amide bonds. The van der Waals surface area contributed by atoms with Crippen molar-refractivity contribution >= 4 is 5.69 Å². The largest absolute Gasteiger partial charge is 0.388 e. The average molecular weight is 254 g/mol. The molecule has 0 aliphatic rings. The first-order valence-electron chi connectivity index (χ1n) is 6.63. The maximum absolute atomic E-state index is 3.16. The van der Waals surface area contributed by atoms with Crippen molar-refractivity contribution in [1.82, 2.24) is 4.90 Å². The van der Waals surface area contributed by atoms with Gasteiger partial charge in [0.2, 0.25) is 0 Å². The minimum Gasteiger partial charge on any atom is -0.388 e. The number of rotatable bonds is 4. The van der Waals surface area contributed by atoms with Crippen molar-refractivity contribution in [2.45, 2.75) is 13.0 Å². The van der Waals surface area contributed by atoms with Crippen molar-refractivity contribution in [1.29, 1.82) is 0 Å². The molecule has 100 valence electrons. The van der Waals surface area contributed by atoms with Gasteiger partial charge in [-0.05, 0) is 49.8 Å². The van der Waals surface area contributed by atoms with Gasteiger partial charge in [0.15, 0.2) is 0 Å². The zero-order valence-corrected chi connectivity index (χ0v) is 12.1. The smallest absolute Gasteiger partial charge is 0.0599 e. The molecule has 1 N–H and O–H groups in total. The highest BCUT2D eigenvalue weighted by Gasteiger charge is 2.17.